The van der Waals surface area contributed by atoms with Gasteiger partial charge in [-0.05, 0) is 12.1 Å². The Labute approximate surface area is 103 Å². The highest BCUT2D eigenvalue weighted by atomic mass is 19.1. The molecule has 0 aromatic heterocycles. The Bertz CT molecular complexity index is 521. The quantitative estimate of drug-likeness (QED) is 0.559. The number of halogens is 1. The van der Waals surface area contributed by atoms with Gasteiger partial charge in [0.1, 0.15) is 11.4 Å². The molecule has 5 heteroatoms. The van der Waals surface area contributed by atoms with Gasteiger partial charge in [-0.25, -0.2) is 9.18 Å². The van der Waals surface area contributed by atoms with Crippen molar-refractivity contribution in [3.63, 3.8) is 0 Å². The molecule has 1 spiro atoms. The number of ether oxygens (including phenoxy) is 1. The van der Waals surface area contributed by atoms with E-state index in [9.17, 15) is 14.0 Å². The predicted octanol–water partition coefficient (Wildman–Crippen LogP) is 1.44. The van der Waals surface area contributed by atoms with Gasteiger partial charge in [-0.1, -0.05) is 6.07 Å². The third kappa shape index (κ3) is 1.50. The van der Waals surface area contributed by atoms with Gasteiger partial charge in [0.25, 0.3) is 0 Å². The number of fused-ring (bicyclic) bond motifs is 2. The molecule has 3 rings (SSSR count). The zero-order valence-electron chi connectivity index (χ0n) is 9.69. The summed E-state index contributed by atoms with van der Waals surface area (Å²) in [6.45, 7) is 1.10. The fraction of sp³-hybridized carbons (Fsp3) is 0.385. The Hall–Kier alpha value is -1.91. The van der Waals surface area contributed by atoms with E-state index in [2.05, 4.69) is 0 Å². The van der Waals surface area contributed by atoms with Crippen LogP contribution >= 0.6 is 0 Å². The van der Waals surface area contributed by atoms with Gasteiger partial charge in [-0.3, -0.25) is 4.79 Å². The third-order valence-electron chi connectivity index (χ3n) is 3.74. The molecule has 0 radical (unpaired) electrons. The highest BCUT2D eigenvalue weighted by Crippen LogP contribution is 2.43. The van der Waals surface area contributed by atoms with E-state index in [-0.39, 0.29) is 0 Å². The predicted molar refractivity (Wildman–Crippen MR) is 60.4 cm³/mol. The average Bonchev–Trinajstić information content (AvgIpc) is 2.63. The summed E-state index contributed by atoms with van der Waals surface area (Å²) in [5.74, 6) is -0.905. The molecule has 2 aliphatic rings. The molecule has 1 aromatic rings. The molecule has 0 atom stereocenters. The molecule has 0 N–H and O–H groups in total. The minimum absolute atomic E-state index is 0.314. The fourth-order valence-electron chi connectivity index (χ4n) is 2.73. The van der Waals surface area contributed by atoms with E-state index in [0.29, 0.717) is 31.5 Å². The van der Waals surface area contributed by atoms with Gasteiger partial charge in [0.15, 0.2) is 0 Å². The van der Waals surface area contributed by atoms with E-state index in [1.54, 1.807) is 11.0 Å². The molecule has 0 aliphatic carbocycles. The molecule has 1 saturated heterocycles. The lowest BCUT2D eigenvalue weighted by molar-refractivity contribution is -0.122. The summed E-state index contributed by atoms with van der Waals surface area (Å²) in [6, 6.07) is 4.18. The van der Waals surface area contributed by atoms with Crippen molar-refractivity contribution in [1.29, 1.82) is 0 Å². The van der Waals surface area contributed by atoms with E-state index in [0.717, 1.165) is 12.0 Å². The average molecular weight is 249 g/mol. The van der Waals surface area contributed by atoms with E-state index < -0.39 is 17.4 Å². The number of piperidine rings is 1. The van der Waals surface area contributed by atoms with Crippen LogP contribution in [0.1, 0.15) is 28.8 Å². The monoisotopic (exact) mass is 249 g/mol. The van der Waals surface area contributed by atoms with Gasteiger partial charge in [0, 0.05) is 31.5 Å². The van der Waals surface area contributed by atoms with Gasteiger partial charge < -0.3 is 9.64 Å². The molecule has 18 heavy (non-hydrogen) atoms. The van der Waals surface area contributed by atoms with Crippen LogP contribution < -0.4 is 0 Å². The Morgan fingerprint density at radius 1 is 1.33 bits per heavy atom. The topological polar surface area (TPSA) is 46.6 Å². The highest BCUT2D eigenvalue weighted by Gasteiger charge is 2.47. The number of rotatable bonds is 1. The molecular formula is C13H12FNO3. The van der Waals surface area contributed by atoms with Crippen LogP contribution in [0, 0.1) is 5.82 Å². The van der Waals surface area contributed by atoms with E-state index >= 15 is 0 Å². The third-order valence-corrected chi connectivity index (χ3v) is 3.74. The number of carbonyl (C=O) groups is 2. The molecule has 2 heterocycles. The number of hydrogen-bond acceptors (Lipinski definition) is 3. The second kappa shape index (κ2) is 3.80. The molecule has 4 nitrogen and oxygen atoms in total. The Balaban J connectivity index is 1.98. The van der Waals surface area contributed by atoms with Crippen LogP contribution in [-0.4, -0.2) is 30.4 Å². The summed E-state index contributed by atoms with van der Waals surface area (Å²) < 4.78 is 18.6. The summed E-state index contributed by atoms with van der Waals surface area (Å²) in [5, 5.41) is 0. The zero-order chi connectivity index (χ0) is 12.8. The van der Waals surface area contributed by atoms with Crippen molar-refractivity contribution in [2.24, 2.45) is 0 Å². The number of amides is 1. The lowest BCUT2D eigenvalue weighted by Crippen LogP contribution is -2.42. The van der Waals surface area contributed by atoms with Crippen LogP contribution in [0.25, 0.3) is 0 Å². The largest absolute Gasteiger partial charge is 0.450 e. The number of benzene rings is 1. The van der Waals surface area contributed by atoms with E-state index in [1.807, 2.05) is 0 Å². The molecule has 1 fully saturated rings. The number of nitrogens with zero attached hydrogens (tertiary/aromatic N) is 1. The van der Waals surface area contributed by atoms with Gasteiger partial charge >= 0.3 is 5.97 Å². The Morgan fingerprint density at radius 3 is 2.72 bits per heavy atom. The number of hydrogen-bond donors (Lipinski definition) is 0. The van der Waals surface area contributed by atoms with Crippen LogP contribution in [0.4, 0.5) is 4.39 Å². The van der Waals surface area contributed by atoms with Crippen molar-refractivity contribution in [2.75, 3.05) is 13.1 Å². The van der Waals surface area contributed by atoms with Crippen LogP contribution in [0.15, 0.2) is 18.2 Å². The first-order valence-electron chi connectivity index (χ1n) is 5.87. The van der Waals surface area contributed by atoms with Gasteiger partial charge in [-0.15, -0.1) is 0 Å². The van der Waals surface area contributed by atoms with Crippen LogP contribution in [0.3, 0.4) is 0 Å². The molecule has 1 amide bonds. The van der Waals surface area contributed by atoms with Crippen LogP contribution in [-0.2, 0) is 15.1 Å². The minimum Gasteiger partial charge on any atom is -0.450 e. The normalized spacial score (nSPS) is 20.7. The first-order chi connectivity index (χ1) is 8.64. The van der Waals surface area contributed by atoms with Crippen molar-refractivity contribution >= 4 is 12.4 Å². The fourth-order valence-corrected chi connectivity index (χ4v) is 2.73. The Kier molecular flexibility index (Phi) is 2.36. The van der Waals surface area contributed by atoms with Crippen molar-refractivity contribution in [3.8, 4) is 0 Å². The maximum absolute atomic E-state index is 13.1. The summed E-state index contributed by atoms with van der Waals surface area (Å²) >= 11 is 0. The number of carbonyl (C=O) groups excluding carboxylic acids is 2. The van der Waals surface area contributed by atoms with Crippen molar-refractivity contribution in [1.82, 2.24) is 4.90 Å². The first kappa shape index (κ1) is 11.2. The molecule has 2 aliphatic heterocycles. The van der Waals surface area contributed by atoms with Crippen LogP contribution in [0.2, 0.25) is 0 Å². The lowest BCUT2D eigenvalue weighted by Gasteiger charge is -2.36. The SMILES string of the molecule is O=CN1CCC2(CC1)OC(=O)c1cc(F)ccc12. The van der Waals surface area contributed by atoms with Crippen LogP contribution in [0.5, 0.6) is 0 Å². The standard InChI is InChI=1S/C13H12FNO3/c14-9-1-2-11-10(7-9)12(17)18-13(11)3-5-15(8-16)6-4-13/h1-2,7-8H,3-6H2. The molecule has 0 saturated carbocycles. The van der Waals surface area contributed by atoms with E-state index in [1.165, 1.54) is 12.1 Å². The second-order valence-electron chi connectivity index (χ2n) is 4.72. The van der Waals surface area contributed by atoms with Crippen molar-refractivity contribution in [2.45, 2.75) is 18.4 Å². The lowest BCUT2D eigenvalue weighted by atomic mass is 9.84. The molecule has 0 bridgehead atoms. The maximum Gasteiger partial charge on any atom is 0.339 e. The van der Waals surface area contributed by atoms with Gasteiger partial charge in [-0.2, -0.15) is 0 Å². The van der Waals surface area contributed by atoms with E-state index in [4.69, 9.17) is 4.74 Å². The summed E-state index contributed by atoms with van der Waals surface area (Å²) in [5.41, 5.74) is 0.397. The maximum atomic E-state index is 13.1. The summed E-state index contributed by atoms with van der Waals surface area (Å²) in [4.78, 5) is 24.1. The number of esters is 1. The van der Waals surface area contributed by atoms with Gasteiger partial charge in [0.2, 0.25) is 6.41 Å². The zero-order valence-corrected chi connectivity index (χ0v) is 9.69. The molecule has 1 aromatic carbocycles. The van der Waals surface area contributed by atoms with Crippen molar-refractivity contribution in [3.05, 3.63) is 35.1 Å². The molecule has 0 unspecified atom stereocenters. The minimum atomic E-state index is -0.667. The number of likely N-dealkylation sites (tertiary alicyclic amines) is 1. The Morgan fingerprint density at radius 2 is 2.06 bits per heavy atom. The highest BCUT2D eigenvalue weighted by molar-refractivity contribution is 5.94. The summed E-state index contributed by atoms with van der Waals surface area (Å²) in [6.07, 6.45) is 1.93. The molecule has 94 valence electrons. The summed E-state index contributed by atoms with van der Waals surface area (Å²) in [7, 11) is 0. The van der Waals surface area contributed by atoms with Crippen molar-refractivity contribution < 1.29 is 18.7 Å². The van der Waals surface area contributed by atoms with Gasteiger partial charge in [0.05, 0.1) is 5.56 Å². The smallest absolute Gasteiger partial charge is 0.339 e. The second-order valence-corrected chi connectivity index (χ2v) is 4.72. The first-order valence-corrected chi connectivity index (χ1v) is 5.87. The molecular weight excluding hydrogens is 237 g/mol.